The second kappa shape index (κ2) is 5.21. The van der Waals surface area contributed by atoms with Crippen molar-refractivity contribution in [3.8, 4) is 0 Å². The number of hydrogen-bond acceptors (Lipinski definition) is 3. The summed E-state index contributed by atoms with van der Waals surface area (Å²) in [5.41, 5.74) is 6.12. The van der Waals surface area contributed by atoms with Crippen molar-refractivity contribution in [2.24, 2.45) is 0 Å². The van der Waals surface area contributed by atoms with E-state index in [1.54, 1.807) is 18.3 Å². The summed E-state index contributed by atoms with van der Waals surface area (Å²) in [5, 5.41) is 2.67. The van der Waals surface area contributed by atoms with E-state index in [1.165, 1.54) is 0 Å². The van der Waals surface area contributed by atoms with Crippen molar-refractivity contribution < 1.29 is 7.65 Å². The standard InChI is InChI=1S/C10H15N3O.2H2/c1-2-3-6-9(14)13-10-8(11)5-4-7-12-10;;/h4-5,7H,2-3,6,11H2,1H3,(H,12,13,14);2*1H. The fourth-order valence-electron chi connectivity index (χ4n) is 1.05. The first-order chi connectivity index (χ1) is 6.74. The number of nitrogens with one attached hydrogen (secondary N) is 1. The highest BCUT2D eigenvalue weighted by atomic mass is 16.1. The molecule has 3 N–H and O–H groups in total. The number of anilines is 2. The maximum absolute atomic E-state index is 11.3. The van der Waals surface area contributed by atoms with E-state index in [0.29, 0.717) is 17.9 Å². The van der Waals surface area contributed by atoms with Gasteiger partial charge < -0.3 is 11.1 Å². The van der Waals surface area contributed by atoms with Crippen LogP contribution in [0.5, 0.6) is 0 Å². The zero-order chi connectivity index (χ0) is 10.4. The number of pyridine rings is 1. The first-order valence-corrected chi connectivity index (χ1v) is 4.74. The molecule has 0 aliphatic carbocycles. The fourth-order valence-corrected chi connectivity index (χ4v) is 1.05. The number of nitrogens with zero attached hydrogens (tertiary/aromatic N) is 1. The van der Waals surface area contributed by atoms with Gasteiger partial charge in [-0.1, -0.05) is 13.3 Å². The molecule has 0 radical (unpaired) electrons. The highest BCUT2D eigenvalue weighted by molar-refractivity contribution is 5.92. The normalized spacial score (nSPS) is 9.79. The van der Waals surface area contributed by atoms with E-state index >= 15 is 0 Å². The second-order valence-electron chi connectivity index (χ2n) is 3.09. The predicted octanol–water partition coefficient (Wildman–Crippen LogP) is 2.28. The lowest BCUT2D eigenvalue weighted by Gasteiger charge is -2.05. The average Bonchev–Trinajstić information content (AvgIpc) is 2.18. The number of amides is 1. The van der Waals surface area contributed by atoms with Gasteiger partial charge in [-0.25, -0.2) is 4.98 Å². The minimum atomic E-state index is -0.0303. The van der Waals surface area contributed by atoms with Crippen LogP contribution in [0.15, 0.2) is 18.3 Å². The van der Waals surface area contributed by atoms with Crippen molar-refractivity contribution >= 4 is 17.4 Å². The molecule has 1 heterocycles. The van der Waals surface area contributed by atoms with Gasteiger partial charge in [0.1, 0.15) is 0 Å². The Balaban J connectivity index is 0. The Morgan fingerprint density at radius 3 is 3.14 bits per heavy atom. The van der Waals surface area contributed by atoms with Crippen LogP contribution in [0.1, 0.15) is 29.0 Å². The van der Waals surface area contributed by atoms with E-state index in [2.05, 4.69) is 10.3 Å². The van der Waals surface area contributed by atoms with E-state index in [-0.39, 0.29) is 8.76 Å². The van der Waals surface area contributed by atoms with Crippen molar-refractivity contribution in [1.29, 1.82) is 0 Å². The summed E-state index contributed by atoms with van der Waals surface area (Å²) in [6.45, 7) is 2.04. The maximum atomic E-state index is 11.3. The first kappa shape index (κ1) is 10.5. The van der Waals surface area contributed by atoms with Crippen molar-refractivity contribution in [3.63, 3.8) is 0 Å². The molecule has 0 bridgehead atoms. The molecular formula is C10H19N3O. The zero-order valence-electron chi connectivity index (χ0n) is 8.29. The summed E-state index contributed by atoms with van der Waals surface area (Å²) in [6.07, 6.45) is 4.02. The van der Waals surface area contributed by atoms with Crippen LogP contribution in [0.4, 0.5) is 11.5 Å². The van der Waals surface area contributed by atoms with Crippen LogP contribution in [-0.4, -0.2) is 10.9 Å². The Labute approximate surface area is 86.5 Å². The molecule has 0 saturated carbocycles. The summed E-state index contributed by atoms with van der Waals surface area (Å²) in [7, 11) is 0. The Bertz CT molecular complexity index is 321. The van der Waals surface area contributed by atoms with E-state index < -0.39 is 0 Å². The molecule has 0 saturated heterocycles. The smallest absolute Gasteiger partial charge is 0.225 e. The lowest BCUT2D eigenvalue weighted by Crippen LogP contribution is -2.13. The quantitative estimate of drug-likeness (QED) is 0.778. The van der Waals surface area contributed by atoms with E-state index in [9.17, 15) is 4.79 Å². The third kappa shape index (κ3) is 3.05. The summed E-state index contributed by atoms with van der Waals surface area (Å²) in [4.78, 5) is 15.3. The number of unbranched alkanes of at least 4 members (excludes halogenated alkanes) is 1. The molecule has 0 aliphatic rings. The summed E-state index contributed by atoms with van der Waals surface area (Å²) in [6, 6.07) is 3.44. The predicted molar refractivity (Wildman–Crippen MR) is 61.0 cm³/mol. The van der Waals surface area contributed by atoms with Crippen LogP contribution >= 0.6 is 0 Å². The second-order valence-corrected chi connectivity index (χ2v) is 3.09. The lowest BCUT2D eigenvalue weighted by molar-refractivity contribution is -0.116. The number of nitrogen functional groups attached to an aromatic ring is 1. The van der Waals surface area contributed by atoms with Gasteiger partial charge in [-0.15, -0.1) is 0 Å². The first-order valence-electron chi connectivity index (χ1n) is 4.74. The van der Waals surface area contributed by atoms with Gasteiger partial charge in [-0.05, 0) is 18.6 Å². The van der Waals surface area contributed by atoms with Crippen LogP contribution < -0.4 is 11.1 Å². The average molecular weight is 197 g/mol. The Hall–Kier alpha value is -1.58. The number of rotatable bonds is 4. The molecule has 80 valence electrons. The SMILES string of the molecule is CCCCC(=O)Nc1ncccc1N.[HH].[HH]. The Morgan fingerprint density at radius 1 is 1.71 bits per heavy atom. The Kier molecular flexibility index (Phi) is 3.91. The van der Waals surface area contributed by atoms with Gasteiger partial charge in [0.15, 0.2) is 5.82 Å². The minimum absolute atomic E-state index is 0. The van der Waals surface area contributed by atoms with Gasteiger partial charge in [-0.2, -0.15) is 0 Å². The maximum Gasteiger partial charge on any atom is 0.225 e. The molecule has 0 aliphatic heterocycles. The fraction of sp³-hybridized carbons (Fsp3) is 0.400. The molecule has 0 unspecified atom stereocenters. The summed E-state index contributed by atoms with van der Waals surface area (Å²) in [5.74, 6) is 0.422. The van der Waals surface area contributed by atoms with Gasteiger partial charge in [0.05, 0.1) is 5.69 Å². The van der Waals surface area contributed by atoms with Crippen LogP contribution in [0.3, 0.4) is 0 Å². The third-order valence-electron chi connectivity index (χ3n) is 1.85. The molecule has 4 heteroatoms. The van der Waals surface area contributed by atoms with Crippen LogP contribution in [-0.2, 0) is 4.79 Å². The molecule has 0 fully saturated rings. The van der Waals surface area contributed by atoms with E-state index in [1.807, 2.05) is 6.92 Å². The van der Waals surface area contributed by atoms with Gasteiger partial charge >= 0.3 is 0 Å². The van der Waals surface area contributed by atoms with Gasteiger partial charge in [0, 0.05) is 15.5 Å². The van der Waals surface area contributed by atoms with Crippen molar-refractivity contribution in [3.05, 3.63) is 18.3 Å². The van der Waals surface area contributed by atoms with Crippen LogP contribution in [0, 0.1) is 0 Å². The molecule has 1 amide bonds. The number of carbonyl (C=O) groups is 1. The van der Waals surface area contributed by atoms with Gasteiger partial charge in [0.2, 0.25) is 5.91 Å². The highest BCUT2D eigenvalue weighted by Gasteiger charge is 2.04. The van der Waals surface area contributed by atoms with Gasteiger partial charge in [0.25, 0.3) is 0 Å². The summed E-state index contributed by atoms with van der Waals surface area (Å²) >= 11 is 0. The molecule has 1 aromatic rings. The topological polar surface area (TPSA) is 68.0 Å². The molecule has 0 aromatic carbocycles. The summed E-state index contributed by atoms with van der Waals surface area (Å²) < 4.78 is 0. The molecule has 0 spiro atoms. The number of nitrogens with two attached hydrogens (primary N) is 1. The molecule has 1 aromatic heterocycles. The van der Waals surface area contributed by atoms with Crippen molar-refractivity contribution in [2.45, 2.75) is 26.2 Å². The monoisotopic (exact) mass is 197 g/mol. The van der Waals surface area contributed by atoms with Crippen LogP contribution in [0.25, 0.3) is 0 Å². The molecule has 4 nitrogen and oxygen atoms in total. The van der Waals surface area contributed by atoms with Crippen molar-refractivity contribution in [1.82, 2.24) is 4.98 Å². The highest BCUT2D eigenvalue weighted by Crippen LogP contribution is 2.13. The zero-order valence-corrected chi connectivity index (χ0v) is 8.29. The largest absolute Gasteiger partial charge is 0.396 e. The lowest BCUT2D eigenvalue weighted by atomic mass is 10.2. The van der Waals surface area contributed by atoms with E-state index in [0.717, 1.165) is 12.8 Å². The van der Waals surface area contributed by atoms with E-state index in [4.69, 9.17) is 5.73 Å². The third-order valence-corrected chi connectivity index (χ3v) is 1.85. The van der Waals surface area contributed by atoms with Crippen LogP contribution in [0.2, 0.25) is 0 Å². The molecule has 14 heavy (non-hydrogen) atoms. The molecular weight excluding hydrogens is 178 g/mol. The van der Waals surface area contributed by atoms with Gasteiger partial charge in [-0.3, -0.25) is 4.79 Å². The number of hydrogen-bond donors (Lipinski definition) is 2. The Morgan fingerprint density at radius 2 is 2.50 bits per heavy atom. The molecule has 1 rings (SSSR count). The number of aromatic nitrogens is 1. The molecule has 0 atom stereocenters. The number of carbonyl (C=O) groups excluding carboxylic acids is 1. The van der Waals surface area contributed by atoms with Crippen molar-refractivity contribution in [2.75, 3.05) is 11.1 Å². The minimum Gasteiger partial charge on any atom is -0.396 e.